The van der Waals surface area contributed by atoms with Crippen LogP contribution in [0.25, 0.3) is 0 Å². The molecule has 3 heterocycles. The number of likely N-dealkylation sites (tertiary alicyclic amines) is 1. The third-order valence-electron chi connectivity index (χ3n) is 3.92. The third-order valence-corrected chi connectivity index (χ3v) is 3.92. The highest BCUT2D eigenvalue weighted by atomic mass is 16.5. The molecule has 3 atom stereocenters. The summed E-state index contributed by atoms with van der Waals surface area (Å²) in [6, 6.07) is 2.61. The number of aromatic nitrogens is 1. The van der Waals surface area contributed by atoms with Crippen LogP contribution in [-0.2, 0) is 20.7 Å². The maximum atomic E-state index is 12.4. The zero-order chi connectivity index (χ0) is 14.1. The SMILES string of the molecule is NC(Cc1ccncc1)C(=O)N1CCC2OCC(=O)C21. The second kappa shape index (κ2) is 5.30. The molecule has 2 aliphatic rings. The number of Topliss-reactive ketones (excluding diaryl/α,β-unsaturated/α-hetero) is 1. The fourth-order valence-electron chi connectivity index (χ4n) is 2.91. The Kier molecular flexibility index (Phi) is 3.50. The van der Waals surface area contributed by atoms with Crippen LogP contribution in [0.15, 0.2) is 24.5 Å². The lowest BCUT2D eigenvalue weighted by Gasteiger charge is -2.25. The Labute approximate surface area is 116 Å². The molecule has 0 spiro atoms. The van der Waals surface area contributed by atoms with Crippen molar-refractivity contribution < 1.29 is 14.3 Å². The van der Waals surface area contributed by atoms with Crippen molar-refractivity contribution in [2.45, 2.75) is 31.0 Å². The van der Waals surface area contributed by atoms with Crippen LogP contribution in [0.2, 0.25) is 0 Å². The second-order valence-electron chi connectivity index (χ2n) is 5.25. The first kappa shape index (κ1) is 13.2. The van der Waals surface area contributed by atoms with E-state index in [9.17, 15) is 9.59 Å². The number of pyridine rings is 1. The summed E-state index contributed by atoms with van der Waals surface area (Å²) in [5.41, 5.74) is 6.96. The standard InChI is InChI=1S/C14H17N3O3/c15-10(7-9-1-4-16-5-2-9)14(19)17-6-3-12-13(17)11(18)8-20-12/h1-2,4-5,10,12-13H,3,6-8,15H2. The van der Waals surface area contributed by atoms with E-state index < -0.39 is 12.1 Å². The lowest BCUT2D eigenvalue weighted by Crippen LogP contribution is -2.50. The molecule has 106 valence electrons. The first-order valence-electron chi connectivity index (χ1n) is 6.76. The summed E-state index contributed by atoms with van der Waals surface area (Å²) in [7, 11) is 0. The monoisotopic (exact) mass is 275 g/mol. The third kappa shape index (κ3) is 2.32. The number of ether oxygens (including phenoxy) is 1. The van der Waals surface area contributed by atoms with E-state index in [1.165, 1.54) is 0 Å². The lowest BCUT2D eigenvalue weighted by atomic mass is 10.1. The summed E-state index contributed by atoms with van der Waals surface area (Å²) in [5, 5.41) is 0. The van der Waals surface area contributed by atoms with E-state index in [1.807, 2.05) is 12.1 Å². The quantitative estimate of drug-likeness (QED) is 0.805. The fourth-order valence-corrected chi connectivity index (χ4v) is 2.91. The van der Waals surface area contributed by atoms with Gasteiger partial charge in [0, 0.05) is 18.9 Å². The number of amides is 1. The van der Waals surface area contributed by atoms with Crippen LogP contribution in [0.5, 0.6) is 0 Å². The Balaban J connectivity index is 1.68. The summed E-state index contributed by atoms with van der Waals surface area (Å²) in [5.74, 6) is -0.190. The molecule has 2 fully saturated rings. The van der Waals surface area contributed by atoms with E-state index >= 15 is 0 Å². The molecule has 0 aliphatic carbocycles. The number of hydrogen-bond donors (Lipinski definition) is 1. The highest BCUT2D eigenvalue weighted by molar-refractivity contribution is 5.94. The Morgan fingerprint density at radius 1 is 1.50 bits per heavy atom. The number of ketones is 1. The summed E-state index contributed by atoms with van der Waals surface area (Å²) < 4.78 is 5.38. The van der Waals surface area contributed by atoms with Crippen molar-refractivity contribution in [3.63, 3.8) is 0 Å². The zero-order valence-electron chi connectivity index (χ0n) is 11.1. The van der Waals surface area contributed by atoms with Gasteiger partial charge >= 0.3 is 0 Å². The number of hydrogen-bond acceptors (Lipinski definition) is 5. The Bertz CT molecular complexity index is 520. The van der Waals surface area contributed by atoms with Gasteiger partial charge in [-0.1, -0.05) is 0 Å². The molecule has 1 aromatic heterocycles. The highest BCUT2D eigenvalue weighted by Gasteiger charge is 2.47. The van der Waals surface area contributed by atoms with Crippen LogP contribution in [0.3, 0.4) is 0 Å². The smallest absolute Gasteiger partial charge is 0.240 e. The van der Waals surface area contributed by atoms with E-state index in [2.05, 4.69) is 4.98 Å². The molecule has 0 aromatic carbocycles. The van der Waals surface area contributed by atoms with Gasteiger partial charge in [0.15, 0.2) is 5.78 Å². The maximum Gasteiger partial charge on any atom is 0.240 e. The minimum absolute atomic E-state index is 0.0167. The lowest BCUT2D eigenvalue weighted by molar-refractivity contribution is -0.137. The van der Waals surface area contributed by atoms with Crippen molar-refractivity contribution in [1.82, 2.24) is 9.88 Å². The molecular weight excluding hydrogens is 258 g/mol. The molecule has 6 heteroatoms. The fraction of sp³-hybridized carbons (Fsp3) is 0.500. The first-order chi connectivity index (χ1) is 9.66. The molecule has 3 unspecified atom stereocenters. The number of fused-ring (bicyclic) bond motifs is 1. The van der Waals surface area contributed by atoms with Gasteiger partial charge in [0.05, 0.1) is 12.1 Å². The van der Waals surface area contributed by atoms with E-state index in [4.69, 9.17) is 10.5 Å². The zero-order valence-corrected chi connectivity index (χ0v) is 11.1. The van der Waals surface area contributed by atoms with Crippen LogP contribution < -0.4 is 5.73 Å². The molecule has 3 rings (SSSR count). The minimum Gasteiger partial charge on any atom is -0.368 e. The summed E-state index contributed by atoms with van der Waals surface area (Å²) in [6.45, 7) is 0.655. The van der Waals surface area contributed by atoms with Crippen molar-refractivity contribution >= 4 is 11.7 Å². The Hall–Kier alpha value is -1.79. The van der Waals surface area contributed by atoms with E-state index in [-0.39, 0.29) is 24.4 Å². The minimum atomic E-state index is -0.635. The molecule has 20 heavy (non-hydrogen) atoms. The van der Waals surface area contributed by atoms with Crippen molar-refractivity contribution in [2.75, 3.05) is 13.2 Å². The predicted octanol–water partition coefficient (Wildman–Crippen LogP) is -0.480. The predicted molar refractivity (Wildman–Crippen MR) is 70.8 cm³/mol. The van der Waals surface area contributed by atoms with Gasteiger partial charge < -0.3 is 15.4 Å². The van der Waals surface area contributed by atoms with E-state index in [0.29, 0.717) is 19.4 Å². The molecule has 1 amide bonds. The Morgan fingerprint density at radius 2 is 2.25 bits per heavy atom. The number of nitrogens with zero attached hydrogens (tertiary/aromatic N) is 2. The van der Waals surface area contributed by atoms with Crippen LogP contribution >= 0.6 is 0 Å². The van der Waals surface area contributed by atoms with Crippen LogP contribution in [0, 0.1) is 0 Å². The average Bonchev–Trinajstić information content (AvgIpc) is 3.03. The molecular formula is C14H17N3O3. The van der Waals surface area contributed by atoms with Crippen molar-refractivity contribution in [3.8, 4) is 0 Å². The summed E-state index contributed by atoms with van der Waals surface area (Å²) in [4.78, 5) is 29.7. The first-order valence-corrected chi connectivity index (χ1v) is 6.76. The molecule has 2 aliphatic heterocycles. The number of carbonyl (C=O) groups is 2. The van der Waals surface area contributed by atoms with Gasteiger partial charge in [-0.3, -0.25) is 14.6 Å². The van der Waals surface area contributed by atoms with Crippen molar-refractivity contribution in [2.24, 2.45) is 5.73 Å². The van der Waals surface area contributed by atoms with Crippen LogP contribution in [-0.4, -0.2) is 52.9 Å². The number of carbonyl (C=O) groups excluding carboxylic acids is 2. The summed E-state index contributed by atoms with van der Waals surface area (Å²) in [6.07, 6.45) is 4.37. The molecule has 2 saturated heterocycles. The van der Waals surface area contributed by atoms with Gasteiger partial charge in [0.1, 0.15) is 12.6 Å². The van der Waals surface area contributed by atoms with Crippen molar-refractivity contribution in [3.05, 3.63) is 30.1 Å². The number of rotatable bonds is 3. The van der Waals surface area contributed by atoms with Gasteiger partial charge in [-0.05, 0) is 30.5 Å². The molecule has 6 nitrogen and oxygen atoms in total. The Morgan fingerprint density at radius 3 is 3.00 bits per heavy atom. The van der Waals surface area contributed by atoms with Gasteiger partial charge in [0.2, 0.25) is 5.91 Å². The molecule has 0 radical (unpaired) electrons. The summed E-state index contributed by atoms with van der Waals surface area (Å²) >= 11 is 0. The van der Waals surface area contributed by atoms with Gasteiger partial charge in [-0.25, -0.2) is 0 Å². The maximum absolute atomic E-state index is 12.4. The van der Waals surface area contributed by atoms with Gasteiger partial charge in [-0.15, -0.1) is 0 Å². The van der Waals surface area contributed by atoms with E-state index in [0.717, 1.165) is 5.56 Å². The number of nitrogens with two attached hydrogens (primary N) is 1. The normalized spacial score (nSPS) is 26.6. The molecule has 1 aromatic rings. The topological polar surface area (TPSA) is 85.5 Å². The highest BCUT2D eigenvalue weighted by Crippen LogP contribution is 2.27. The van der Waals surface area contributed by atoms with Crippen LogP contribution in [0.1, 0.15) is 12.0 Å². The second-order valence-corrected chi connectivity index (χ2v) is 5.25. The van der Waals surface area contributed by atoms with Gasteiger partial charge in [0.25, 0.3) is 0 Å². The van der Waals surface area contributed by atoms with Crippen LogP contribution in [0.4, 0.5) is 0 Å². The average molecular weight is 275 g/mol. The largest absolute Gasteiger partial charge is 0.368 e. The van der Waals surface area contributed by atoms with E-state index in [1.54, 1.807) is 17.3 Å². The molecule has 2 N–H and O–H groups in total. The van der Waals surface area contributed by atoms with Gasteiger partial charge in [-0.2, -0.15) is 0 Å². The van der Waals surface area contributed by atoms with Crippen molar-refractivity contribution in [1.29, 1.82) is 0 Å². The molecule has 0 saturated carbocycles. The molecule has 0 bridgehead atoms.